The third kappa shape index (κ3) is 2.01. The zero-order valence-corrected chi connectivity index (χ0v) is 14.4. The Morgan fingerprint density at radius 1 is 0.800 bits per heavy atom. The molecule has 120 valence electrons. The van der Waals surface area contributed by atoms with Crippen molar-refractivity contribution in [3.8, 4) is 11.3 Å². The van der Waals surface area contributed by atoms with E-state index in [0.29, 0.717) is 0 Å². The molecule has 25 heavy (non-hydrogen) atoms. The third-order valence-electron chi connectivity index (χ3n) is 5.12. The molecule has 5 aromatic rings. The summed E-state index contributed by atoms with van der Waals surface area (Å²) in [5, 5.41) is 2.59. The molecule has 0 aliphatic carbocycles. The van der Waals surface area contributed by atoms with Gasteiger partial charge in [0, 0.05) is 28.7 Å². The van der Waals surface area contributed by atoms with Gasteiger partial charge in [0.2, 0.25) is 11.2 Å². The summed E-state index contributed by atoms with van der Waals surface area (Å²) >= 11 is 0. The molecule has 2 aromatic carbocycles. The van der Waals surface area contributed by atoms with E-state index >= 15 is 0 Å². The van der Waals surface area contributed by atoms with Gasteiger partial charge in [-0.2, -0.15) is 4.57 Å². The number of nitrogens with zero attached hydrogens (tertiary/aromatic N) is 2. The van der Waals surface area contributed by atoms with E-state index in [9.17, 15) is 0 Å². The van der Waals surface area contributed by atoms with Crippen molar-refractivity contribution >= 4 is 27.3 Å². The molecule has 0 saturated heterocycles. The maximum atomic E-state index is 2.32. The number of aryl methyl sites for hydroxylation is 2. The van der Waals surface area contributed by atoms with Crippen molar-refractivity contribution in [2.75, 3.05) is 0 Å². The number of hydrogen-bond donors (Lipinski definition) is 0. The van der Waals surface area contributed by atoms with Crippen molar-refractivity contribution < 1.29 is 4.57 Å². The molecule has 0 aliphatic rings. The average Bonchev–Trinajstić information content (AvgIpc) is 3.03. The molecule has 3 heterocycles. The highest BCUT2D eigenvalue weighted by Crippen LogP contribution is 2.33. The van der Waals surface area contributed by atoms with Gasteiger partial charge in [0.15, 0.2) is 0 Å². The molecule has 0 spiro atoms. The Kier molecular flexibility index (Phi) is 2.95. The van der Waals surface area contributed by atoms with Crippen molar-refractivity contribution in [1.29, 1.82) is 0 Å². The number of para-hydroxylation sites is 1. The van der Waals surface area contributed by atoms with Gasteiger partial charge in [0.1, 0.15) is 12.6 Å². The Morgan fingerprint density at radius 2 is 1.56 bits per heavy atom. The van der Waals surface area contributed by atoms with E-state index in [0.717, 1.165) is 0 Å². The molecule has 2 heteroatoms. The van der Waals surface area contributed by atoms with Crippen LogP contribution in [0.4, 0.5) is 0 Å². The van der Waals surface area contributed by atoms with Crippen LogP contribution in [0.1, 0.15) is 5.56 Å². The lowest BCUT2D eigenvalue weighted by molar-refractivity contribution is -0.632. The summed E-state index contributed by atoms with van der Waals surface area (Å²) in [7, 11) is 2.17. The molecule has 2 nitrogen and oxygen atoms in total. The highest BCUT2D eigenvalue weighted by atomic mass is 15.0. The normalized spacial score (nSPS) is 11.6. The molecule has 0 atom stereocenters. The predicted octanol–water partition coefficient (Wildman–Crippen LogP) is 5.05. The number of pyridine rings is 2. The second-order valence-corrected chi connectivity index (χ2v) is 6.69. The standard InChI is InChI=1S/C23H19N2/c1-16-10-12-17(13-11-16)22-23-20(15-18-7-5-6-14-25(18)23)19-8-3-4-9-21(19)24(22)2/h3-15H,1-2H3/q+1. The summed E-state index contributed by atoms with van der Waals surface area (Å²) < 4.78 is 4.62. The quantitative estimate of drug-likeness (QED) is 0.382. The Morgan fingerprint density at radius 3 is 2.40 bits per heavy atom. The number of fused-ring (bicyclic) bond motifs is 5. The van der Waals surface area contributed by atoms with Crippen LogP contribution in [0, 0.1) is 6.92 Å². The molecule has 0 radical (unpaired) electrons. The Bertz CT molecular complexity index is 1240. The van der Waals surface area contributed by atoms with Gasteiger partial charge in [-0.3, -0.25) is 0 Å². The number of rotatable bonds is 1. The molecule has 0 unspecified atom stereocenters. The van der Waals surface area contributed by atoms with E-state index in [4.69, 9.17) is 0 Å². The Balaban J connectivity index is 2.07. The van der Waals surface area contributed by atoms with Crippen LogP contribution >= 0.6 is 0 Å². The number of benzene rings is 2. The SMILES string of the molecule is Cc1ccc(-c2c3c(cc4ccccn43)c3ccccc3[n+]2C)cc1. The summed E-state index contributed by atoms with van der Waals surface area (Å²) in [4.78, 5) is 0. The van der Waals surface area contributed by atoms with Crippen LogP contribution in [-0.2, 0) is 7.05 Å². The minimum absolute atomic E-state index is 1.22. The third-order valence-corrected chi connectivity index (χ3v) is 5.12. The average molecular weight is 323 g/mol. The molecular weight excluding hydrogens is 304 g/mol. The van der Waals surface area contributed by atoms with Gasteiger partial charge in [0.05, 0.1) is 5.39 Å². The van der Waals surface area contributed by atoms with E-state index < -0.39 is 0 Å². The van der Waals surface area contributed by atoms with Crippen molar-refractivity contribution in [3.63, 3.8) is 0 Å². The summed E-state index contributed by atoms with van der Waals surface area (Å²) in [6.07, 6.45) is 2.16. The van der Waals surface area contributed by atoms with Gasteiger partial charge in [0.25, 0.3) is 0 Å². The van der Waals surface area contributed by atoms with Crippen LogP contribution < -0.4 is 4.57 Å². The highest BCUT2D eigenvalue weighted by Gasteiger charge is 2.23. The van der Waals surface area contributed by atoms with Gasteiger partial charge in [-0.05, 0) is 43.3 Å². The molecule has 3 aromatic heterocycles. The highest BCUT2D eigenvalue weighted by molar-refractivity contribution is 6.10. The zero-order chi connectivity index (χ0) is 17.0. The van der Waals surface area contributed by atoms with Crippen LogP contribution in [0.25, 0.3) is 38.6 Å². The fourth-order valence-electron chi connectivity index (χ4n) is 3.89. The van der Waals surface area contributed by atoms with Gasteiger partial charge < -0.3 is 4.40 Å². The lowest BCUT2D eigenvalue weighted by Crippen LogP contribution is -2.32. The maximum Gasteiger partial charge on any atom is 0.237 e. The van der Waals surface area contributed by atoms with Crippen LogP contribution in [-0.4, -0.2) is 4.40 Å². The van der Waals surface area contributed by atoms with E-state index in [1.165, 1.54) is 44.1 Å². The summed E-state index contributed by atoms with van der Waals surface area (Å²) in [5.41, 5.74) is 7.51. The summed E-state index contributed by atoms with van der Waals surface area (Å²) in [6, 6.07) is 26.1. The molecule has 5 rings (SSSR count). The van der Waals surface area contributed by atoms with Gasteiger partial charge in [-0.1, -0.05) is 35.9 Å². The van der Waals surface area contributed by atoms with Crippen LogP contribution in [0.5, 0.6) is 0 Å². The fraction of sp³-hybridized carbons (Fsp3) is 0.0870. The second kappa shape index (κ2) is 5.18. The minimum atomic E-state index is 1.22. The lowest BCUT2D eigenvalue weighted by atomic mass is 10.0. The van der Waals surface area contributed by atoms with Crippen LogP contribution in [0.15, 0.2) is 79.0 Å². The topological polar surface area (TPSA) is 8.29 Å². The lowest BCUT2D eigenvalue weighted by Gasteiger charge is -2.08. The maximum absolute atomic E-state index is 2.32. The van der Waals surface area contributed by atoms with E-state index in [2.05, 4.69) is 102 Å². The second-order valence-electron chi connectivity index (χ2n) is 6.69. The number of hydrogen-bond acceptors (Lipinski definition) is 0. The van der Waals surface area contributed by atoms with Crippen LogP contribution in [0.2, 0.25) is 0 Å². The van der Waals surface area contributed by atoms with Crippen molar-refractivity contribution in [2.45, 2.75) is 6.92 Å². The van der Waals surface area contributed by atoms with Gasteiger partial charge in [-0.15, -0.1) is 0 Å². The minimum Gasteiger partial charge on any atom is -0.311 e. The fourth-order valence-corrected chi connectivity index (χ4v) is 3.89. The monoisotopic (exact) mass is 323 g/mol. The smallest absolute Gasteiger partial charge is 0.237 e. The van der Waals surface area contributed by atoms with Gasteiger partial charge in [-0.25, -0.2) is 0 Å². The first-order valence-electron chi connectivity index (χ1n) is 8.61. The van der Waals surface area contributed by atoms with Crippen LogP contribution in [0.3, 0.4) is 0 Å². The molecule has 0 fully saturated rings. The number of aromatic nitrogens is 2. The van der Waals surface area contributed by atoms with E-state index in [1.54, 1.807) is 0 Å². The molecule has 0 amide bonds. The zero-order valence-electron chi connectivity index (χ0n) is 14.4. The first kappa shape index (κ1) is 14.2. The van der Waals surface area contributed by atoms with Crippen molar-refractivity contribution in [1.82, 2.24) is 4.40 Å². The van der Waals surface area contributed by atoms with E-state index in [-0.39, 0.29) is 0 Å². The first-order chi connectivity index (χ1) is 12.2. The van der Waals surface area contributed by atoms with Gasteiger partial charge >= 0.3 is 0 Å². The molecule has 0 bridgehead atoms. The Hall–Kier alpha value is -3.13. The summed E-state index contributed by atoms with van der Waals surface area (Å²) in [5.74, 6) is 0. The van der Waals surface area contributed by atoms with Crippen molar-refractivity contribution in [3.05, 3.63) is 84.6 Å². The molecule has 0 N–H and O–H groups in total. The Labute approximate surface area is 146 Å². The molecule has 0 aliphatic heterocycles. The predicted molar refractivity (Wildman–Crippen MR) is 104 cm³/mol. The van der Waals surface area contributed by atoms with E-state index in [1.807, 2.05) is 0 Å². The largest absolute Gasteiger partial charge is 0.311 e. The van der Waals surface area contributed by atoms with Crippen molar-refractivity contribution in [2.24, 2.45) is 7.05 Å². The molecule has 0 saturated carbocycles. The first-order valence-corrected chi connectivity index (χ1v) is 8.61. The molecular formula is C23H19N2+. The summed E-state index contributed by atoms with van der Waals surface area (Å²) in [6.45, 7) is 2.13.